The number of anilines is 1. The smallest absolute Gasteiger partial charge is 0.251 e. The van der Waals surface area contributed by atoms with Gasteiger partial charge in [0.25, 0.3) is 5.91 Å². The minimum absolute atomic E-state index is 0.0534. The van der Waals surface area contributed by atoms with Crippen LogP contribution in [0.4, 0.5) is 5.69 Å². The first-order valence-corrected chi connectivity index (χ1v) is 9.52. The van der Waals surface area contributed by atoms with Crippen molar-refractivity contribution in [3.8, 4) is 0 Å². The number of nitrogens with zero attached hydrogens (tertiary/aromatic N) is 1. The lowest BCUT2D eigenvalue weighted by atomic mass is 9.91. The molecule has 0 bridgehead atoms. The number of piperidine rings is 1. The van der Waals surface area contributed by atoms with Gasteiger partial charge in [-0.3, -0.25) is 9.59 Å². The molecule has 2 aliphatic rings. The van der Waals surface area contributed by atoms with E-state index < -0.39 is 0 Å². The van der Waals surface area contributed by atoms with Gasteiger partial charge in [-0.05, 0) is 70.5 Å². The minimum Gasteiger partial charge on any atom is -0.381 e. The van der Waals surface area contributed by atoms with Gasteiger partial charge in [-0.15, -0.1) is 0 Å². The van der Waals surface area contributed by atoms with Crippen LogP contribution in [0.5, 0.6) is 0 Å². The molecule has 0 saturated carbocycles. The van der Waals surface area contributed by atoms with E-state index in [4.69, 9.17) is 4.74 Å². The van der Waals surface area contributed by atoms with E-state index in [0.29, 0.717) is 24.8 Å². The third-order valence-corrected chi connectivity index (χ3v) is 5.55. The van der Waals surface area contributed by atoms with Crippen molar-refractivity contribution in [3.63, 3.8) is 0 Å². The summed E-state index contributed by atoms with van der Waals surface area (Å²) in [6.07, 6.45) is 3.48. The van der Waals surface area contributed by atoms with Gasteiger partial charge in [0, 0.05) is 42.5 Å². The highest BCUT2D eigenvalue weighted by Crippen LogP contribution is 2.23. The van der Waals surface area contributed by atoms with Gasteiger partial charge in [-0.1, -0.05) is 0 Å². The molecule has 0 aromatic heterocycles. The summed E-state index contributed by atoms with van der Waals surface area (Å²) >= 11 is 0. The van der Waals surface area contributed by atoms with Crippen LogP contribution in [0.2, 0.25) is 0 Å². The maximum Gasteiger partial charge on any atom is 0.251 e. The van der Waals surface area contributed by atoms with Gasteiger partial charge in [0.15, 0.2) is 0 Å². The van der Waals surface area contributed by atoms with Crippen molar-refractivity contribution in [1.82, 2.24) is 10.2 Å². The quantitative estimate of drug-likeness (QED) is 0.865. The van der Waals surface area contributed by atoms with E-state index in [-0.39, 0.29) is 23.8 Å². The molecule has 2 saturated heterocycles. The molecule has 0 aliphatic carbocycles. The molecular formula is C20H29N3O3. The topological polar surface area (TPSA) is 70.7 Å². The van der Waals surface area contributed by atoms with E-state index in [1.165, 1.54) is 0 Å². The fourth-order valence-corrected chi connectivity index (χ4v) is 3.59. The van der Waals surface area contributed by atoms with Crippen LogP contribution >= 0.6 is 0 Å². The fraction of sp³-hybridized carbons (Fsp3) is 0.600. The Kier molecular flexibility index (Phi) is 6.27. The molecule has 1 aromatic carbocycles. The number of ether oxygens (including phenoxy) is 1. The Morgan fingerprint density at radius 3 is 2.46 bits per heavy atom. The Balaban J connectivity index is 1.52. The highest BCUT2D eigenvalue weighted by Gasteiger charge is 2.28. The van der Waals surface area contributed by atoms with E-state index in [2.05, 4.69) is 29.5 Å². The van der Waals surface area contributed by atoms with Crippen molar-refractivity contribution in [3.05, 3.63) is 29.8 Å². The number of likely N-dealkylation sites (tertiary alicyclic amines) is 1. The zero-order valence-electron chi connectivity index (χ0n) is 15.7. The van der Waals surface area contributed by atoms with Gasteiger partial charge >= 0.3 is 0 Å². The molecule has 2 aliphatic heterocycles. The number of hydrogen-bond acceptors (Lipinski definition) is 4. The highest BCUT2D eigenvalue weighted by atomic mass is 16.5. The lowest BCUT2D eigenvalue weighted by molar-refractivity contribution is -0.121. The number of benzene rings is 1. The number of carbonyl (C=O) groups is 2. The largest absolute Gasteiger partial charge is 0.381 e. The van der Waals surface area contributed by atoms with Gasteiger partial charge in [-0.25, -0.2) is 0 Å². The average Bonchev–Trinajstić information content (AvgIpc) is 2.65. The summed E-state index contributed by atoms with van der Waals surface area (Å²) in [5.74, 6) is 0.0565. The summed E-state index contributed by atoms with van der Waals surface area (Å²) in [4.78, 5) is 27.1. The third kappa shape index (κ3) is 4.83. The lowest BCUT2D eigenvalue weighted by Crippen LogP contribution is -2.41. The zero-order valence-corrected chi connectivity index (χ0v) is 15.7. The molecule has 0 unspecified atom stereocenters. The van der Waals surface area contributed by atoms with Crippen LogP contribution in [0.1, 0.15) is 43.0 Å². The zero-order chi connectivity index (χ0) is 18.5. The van der Waals surface area contributed by atoms with Crippen molar-refractivity contribution in [1.29, 1.82) is 0 Å². The molecule has 2 fully saturated rings. The van der Waals surface area contributed by atoms with Gasteiger partial charge in [0.2, 0.25) is 5.91 Å². The molecule has 0 spiro atoms. The van der Waals surface area contributed by atoms with Crippen molar-refractivity contribution in [2.75, 3.05) is 32.1 Å². The van der Waals surface area contributed by atoms with E-state index in [9.17, 15) is 9.59 Å². The molecule has 142 valence electrons. The van der Waals surface area contributed by atoms with E-state index in [1.807, 2.05) is 0 Å². The lowest BCUT2D eigenvalue weighted by Gasteiger charge is -2.34. The SMILES string of the molecule is C[C@H]1C[C@@H](C(=O)Nc2ccc(C(=O)NC3CCOCC3)cc2)CCN1C. The minimum atomic E-state index is -0.0704. The predicted molar refractivity (Wildman–Crippen MR) is 101 cm³/mol. The molecule has 2 amide bonds. The number of rotatable bonds is 4. The molecule has 3 rings (SSSR count). The Bertz CT molecular complexity index is 626. The van der Waals surface area contributed by atoms with Gasteiger partial charge in [0.05, 0.1) is 0 Å². The fourth-order valence-electron chi connectivity index (χ4n) is 3.59. The first-order valence-electron chi connectivity index (χ1n) is 9.52. The summed E-state index contributed by atoms with van der Waals surface area (Å²) in [6, 6.07) is 7.74. The van der Waals surface area contributed by atoms with Crippen LogP contribution in [-0.2, 0) is 9.53 Å². The summed E-state index contributed by atoms with van der Waals surface area (Å²) < 4.78 is 5.31. The average molecular weight is 359 g/mol. The van der Waals surface area contributed by atoms with Gasteiger partial charge < -0.3 is 20.3 Å². The Morgan fingerprint density at radius 1 is 1.12 bits per heavy atom. The van der Waals surface area contributed by atoms with Gasteiger partial charge in [-0.2, -0.15) is 0 Å². The van der Waals surface area contributed by atoms with Crippen molar-refractivity contribution in [2.45, 2.75) is 44.7 Å². The Morgan fingerprint density at radius 2 is 1.81 bits per heavy atom. The van der Waals surface area contributed by atoms with Crippen LogP contribution in [-0.4, -0.2) is 55.6 Å². The first kappa shape index (κ1) is 18.9. The van der Waals surface area contributed by atoms with Crippen LogP contribution in [0.3, 0.4) is 0 Å². The molecule has 1 aromatic rings. The molecule has 26 heavy (non-hydrogen) atoms. The summed E-state index contributed by atoms with van der Waals surface area (Å²) in [7, 11) is 2.10. The molecule has 6 heteroatoms. The van der Waals surface area contributed by atoms with Crippen LogP contribution in [0.15, 0.2) is 24.3 Å². The molecule has 0 radical (unpaired) electrons. The van der Waals surface area contributed by atoms with E-state index >= 15 is 0 Å². The summed E-state index contributed by atoms with van der Waals surface area (Å²) in [5, 5.41) is 6.03. The maximum absolute atomic E-state index is 12.5. The van der Waals surface area contributed by atoms with Crippen molar-refractivity contribution < 1.29 is 14.3 Å². The second-order valence-corrected chi connectivity index (χ2v) is 7.48. The van der Waals surface area contributed by atoms with Crippen molar-refractivity contribution >= 4 is 17.5 Å². The number of amides is 2. The number of nitrogens with one attached hydrogen (secondary N) is 2. The maximum atomic E-state index is 12.5. The Labute approximate surface area is 155 Å². The van der Waals surface area contributed by atoms with Crippen LogP contribution in [0.25, 0.3) is 0 Å². The number of carbonyl (C=O) groups excluding carboxylic acids is 2. The molecule has 2 atom stereocenters. The summed E-state index contributed by atoms with van der Waals surface area (Å²) in [5.41, 5.74) is 1.35. The van der Waals surface area contributed by atoms with Crippen molar-refractivity contribution in [2.24, 2.45) is 5.92 Å². The monoisotopic (exact) mass is 359 g/mol. The van der Waals surface area contributed by atoms with Gasteiger partial charge in [0.1, 0.15) is 0 Å². The first-order chi connectivity index (χ1) is 12.5. The van der Waals surface area contributed by atoms with Crippen LogP contribution < -0.4 is 10.6 Å². The molecular weight excluding hydrogens is 330 g/mol. The molecule has 6 nitrogen and oxygen atoms in total. The Hall–Kier alpha value is -1.92. The molecule has 2 heterocycles. The van der Waals surface area contributed by atoms with E-state index in [1.54, 1.807) is 24.3 Å². The number of hydrogen-bond donors (Lipinski definition) is 2. The third-order valence-electron chi connectivity index (χ3n) is 5.55. The van der Waals surface area contributed by atoms with E-state index in [0.717, 1.165) is 37.9 Å². The normalized spacial score (nSPS) is 24.8. The predicted octanol–water partition coefficient (Wildman–Crippen LogP) is 2.26. The van der Waals surface area contributed by atoms with Crippen LogP contribution in [0, 0.1) is 5.92 Å². The molecule has 2 N–H and O–H groups in total. The standard InChI is InChI=1S/C20H29N3O3/c1-14-13-16(7-10-23(14)2)20(25)21-17-5-3-15(4-6-17)19(24)22-18-8-11-26-12-9-18/h3-6,14,16,18H,7-13H2,1-2H3,(H,21,25)(H,22,24)/t14-,16-/m0/s1. The second-order valence-electron chi connectivity index (χ2n) is 7.48. The summed E-state index contributed by atoms with van der Waals surface area (Å²) in [6.45, 7) is 4.51. The highest BCUT2D eigenvalue weighted by molar-refractivity contribution is 5.96. The second kappa shape index (κ2) is 8.64.